The number of ether oxygens (including phenoxy) is 1. The van der Waals surface area contributed by atoms with Gasteiger partial charge in [-0.05, 0) is 11.5 Å². The minimum Gasteiger partial charge on any atom is -0.445 e. The molecule has 0 unspecified atom stereocenters. The van der Waals surface area contributed by atoms with Crippen molar-refractivity contribution in [2.75, 3.05) is 6.54 Å². The molecule has 0 saturated heterocycles. The van der Waals surface area contributed by atoms with E-state index < -0.39 is 6.09 Å². The predicted molar refractivity (Wildman–Crippen MR) is 75.2 cm³/mol. The summed E-state index contributed by atoms with van der Waals surface area (Å²) in [5, 5.41) is 2.68. The van der Waals surface area contributed by atoms with E-state index in [2.05, 4.69) is 5.32 Å². The molecule has 0 spiro atoms. The van der Waals surface area contributed by atoms with Crippen LogP contribution in [0.15, 0.2) is 30.3 Å². The Morgan fingerprint density at radius 2 is 2.11 bits per heavy atom. The van der Waals surface area contributed by atoms with Crippen molar-refractivity contribution >= 4 is 23.3 Å². The number of carbonyl (C=O) groups is 1. The average Bonchev–Trinajstić information content (AvgIpc) is 2.34. The van der Waals surface area contributed by atoms with E-state index in [0.29, 0.717) is 18.0 Å². The highest BCUT2D eigenvalue weighted by molar-refractivity contribution is 7.80. The minimum absolute atomic E-state index is 0.215. The second-order valence-electron chi connectivity index (χ2n) is 4.22. The van der Waals surface area contributed by atoms with Crippen LogP contribution in [0.2, 0.25) is 0 Å². The van der Waals surface area contributed by atoms with Crippen LogP contribution < -0.4 is 11.1 Å². The Hall–Kier alpha value is -1.62. The molecule has 0 aliphatic rings. The quantitative estimate of drug-likeness (QED) is 0.775. The first-order chi connectivity index (χ1) is 8.58. The zero-order chi connectivity index (χ0) is 13.4. The van der Waals surface area contributed by atoms with E-state index in [1.807, 2.05) is 37.3 Å². The maximum absolute atomic E-state index is 11.4. The normalized spacial score (nSPS) is 11.6. The number of alkyl carbamates (subject to hydrolysis) is 1. The molecular formula is C13H18N2O2S. The summed E-state index contributed by atoms with van der Waals surface area (Å²) in [7, 11) is 0. The molecule has 4 nitrogen and oxygen atoms in total. The maximum Gasteiger partial charge on any atom is 0.407 e. The summed E-state index contributed by atoms with van der Waals surface area (Å²) in [5.74, 6) is 0.215. The van der Waals surface area contributed by atoms with Gasteiger partial charge in [0.1, 0.15) is 6.61 Å². The second-order valence-corrected chi connectivity index (χ2v) is 4.74. The van der Waals surface area contributed by atoms with Gasteiger partial charge in [-0.15, -0.1) is 0 Å². The average molecular weight is 266 g/mol. The summed E-state index contributed by atoms with van der Waals surface area (Å²) in [6, 6.07) is 9.54. The van der Waals surface area contributed by atoms with Gasteiger partial charge < -0.3 is 15.8 Å². The topological polar surface area (TPSA) is 64.3 Å². The lowest BCUT2D eigenvalue weighted by atomic mass is 10.1. The number of nitrogens with one attached hydrogen (secondary N) is 1. The zero-order valence-corrected chi connectivity index (χ0v) is 11.2. The third-order valence-corrected chi connectivity index (χ3v) is 2.52. The molecule has 0 saturated carbocycles. The number of thiocarbonyl (C=S) groups is 1. The molecule has 1 aromatic carbocycles. The Morgan fingerprint density at radius 1 is 1.44 bits per heavy atom. The van der Waals surface area contributed by atoms with Crippen molar-refractivity contribution < 1.29 is 9.53 Å². The molecule has 0 aromatic heterocycles. The number of benzene rings is 1. The number of hydrogen-bond donors (Lipinski definition) is 2. The molecule has 0 aliphatic carbocycles. The Balaban J connectivity index is 2.20. The van der Waals surface area contributed by atoms with E-state index in [1.165, 1.54) is 0 Å². The van der Waals surface area contributed by atoms with Gasteiger partial charge in [0.2, 0.25) is 0 Å². The van der Waals surface area contributed by atoms with E-state index in [4.69, 9.17) is 22.7 Å². The van der Waals surface area contributed by atoms with Crippen LogP contribution in [0.4, 0.5) is 4.79 Å². The zero-order valence-electron chi connectivity index (χ0n) is 10.4. The highest BCUT2D eigenvalue weighted by atomic mass is 32.1. The first-order valence-corrected chi connectivity index (χ1v) is 6.21. The lowest BCUT2D eigenvalue weighted by Crippen LogP contribution is -2.30. The summed E-state index contributed by atoms with van der Waals surface area (Å²) in [5.41, 5.74) is 6.38. The van der Waals surface area contributed by atoms with Gasteiger partial charge in [0.05, 0.1) is 4.99 Å². The van der Waals surface area contributed by atoms with E-state index in [9.17, 15) is 4.79 Å². The molecule has 98 valence electrons. The highest BCUT2D eigenvalue weighted by Crippen LogP contribution is 2.02. The number of hydrogen-bond acceptors (Lipinski definition) is 3. The molecule has 1 aromatic rings. The van der Waals surface area contributed by atoms with E-state index in [-0.39, 0.29) is 12.5 Å². The first kappa shape index (κ1) is 14.4. The van der Waals surface area contributed by atoms with E-state index >= 15 is 0 Å². The van der Waals surface area contributed by atoms with Gasteiger partial charge in [-0.25, -0.2) is 4.79 Å². The molecule has 18 heavy (non-hydrogen) atoms. The Morgan fingerprint density at radius 3 is 2.72 bits per heavy atom. The van der Waals surface area contributed by atoms with Crippen molar-refractivity contribution in [3.8, 4) is 0 Å². The standard InChI is InChI=1S/C13H18N2O2S/c1-10(7-12(14)18)8-15-13(16)17-9-11-5-3-2-4-6-11/h2-6,10H,7-9H2,1H3,(H2,14,18)(H,15,16)/t10-/m0/s1. The molecule has 3 N–H and O–H groups in total. The van der Waals surface area contributed by atoms with Crippen LogP contribution >= 0.6 is 12.2 Å². The monoisotopic (exact) mass is 266 g/mol. The van der Waals surface area contributed by atoms with Gasteiger partial charge in [0.25, 0.3) is 0 Å². The fraction of sp³-hybridized carbons (Fsp3) is 0.385. The van der Waals surface area contributed by atoms with Crippen molar-refractivity contribution in [1.82, 2.24) is 5.32 Å². The van der Waals surface area contributed by atoms with Crippen molar-refractivity contribution in [2.45, 2.75) is 20.0 Å². The summed E-state index contributed by atoms with van der Waals surface area (Å²) in [6.45, 7) is 2.75. The number of nitrogens with two attached hydrogens (primary N) is 1. The van der Waals surface area contributed by atoms with Crippen molar-refractivity contribution in [1.29, 1.82) is 0 Å². The summed E-state index contributed by atoms with van der Waals surface area (Å²) >= 11 is 4.80. The smallest absolute Gasteiger partial charge is 0.407 e. The molecule has 0 heterocycles. The molecule has 1 rings (SSSR count). The van der Waals surface area contributed by atoms with Crippen molar-refractivity contribution in [3.05, 3.63) is 35.9 Å². The number of carbonyl (C=O) groups excluding carboxylic acids is 1. The highest BCUT2D eigenvalue weighted by Gasteiger charge is 2.07. The van der Waals surface area contributed by atoms with Gasteiger partial charge in [-0.2, -0.15) is 0 Å². The van der Waals surface area contributed by atoms with Crippen LogP contribution in [0.25, 0.3) is 0 Å². The third kappa shape index (κ3) is 6.20. The Kier molecular flexibility index (Phi) is 6.14. The third-order valence-electron chi connectivity index (χ3n) is 2.36. The molecule has 0 bridgehead atoms. The van der Waals surface area contributed by atoms with Gasteiger partial charge >= 0.3 is 6.09 Å². The van der Waals surface area contributed by atoms with Crippen molar-refractivity contribution in [2.24, 2.45) is 11.7 Å². The van der Waals surface area contributed by atoms with Gasteiger partial charge in [-0.1, -0.05) is 49.5 Å². The first-order valence-electron chi connectivity index (χ1n) is 5.80. The second kappa shape index (κ2) is 7.66. The Labute approximate surface area is 113 Å². The van der Waals surface area contributed by atoms with Gasteiger partial charge in [0, 0.05) is 13.0 Å². The fourth-order valence-electron chi connectivity index (χ4n) is 1.45. The van der Waals surface area contributed by atoms with Crippen LogP contribution in [-0.4, -0.2) is 17.6 Å². The maximum atomic E-state index is 11.4. The molecule has 1 amide bonds. The summed E-state index contributed by atoms with van der Waals surface area (Å²) in [6.07, 6.45) is 0.197. The summed E-state index contributed by atoms with van der Waals surface area (Å²) < 4.78 is 5.07. The van der Waals surface area contributed by atoms with Crippen LogP contribution in [0.1, 0.15) is 18.9 Å². The fourth-order valence-corrected chi connectivity index (χ4v) is 1.73. The molecule has 5 heteroatoms. The number of amides is 1. The van der Waals surface area contributed by atoms with Crippen molar-refractivity contribution in [3.63, 3.8) is 0 Å². The summed E-state index contributed by atoms with van der Waals surface area (Å²) in [4.78, 5) is 11.9. The van der Waals surface area contributed by atoms with Crippen LogP contribution in [0, 0.1) is 5.92 Å². The molecular weight excluding hydrogens is 248 g/mol. The molecule has 0 radical (unpaired) electrons. The van der Waals surface area contributed by atoms with Crippen LogP contribution in [0.5, 0.6) is 0 Å². The molecule has 0 fully saturated rings. The van der Waals surface area contributed by atoms with E-state index in [1.54, 1.807) is 0 Å². The van der Waals surface area contributed by atoms with Gasteiger partial charge in [-0.3, -0.25) is 0 Å². The van der Waals surface area contributed by atoms with Gasteiger partial charge in [0.15, 0.2) is 0 Å². The number of rotatable bonds is 6. The lowest BCUT2D eigenvalue weighted by Gasteiger charge is -2.12. The lowest BCUT2D eigenvalue weighted by molar-refractivity contribution is 0.138. The molecule has 1 atom stereocenters. The Bertz CT molecular complexity index is 395. The SMILES string of the molecule is C[C@H](CNC(=O)OCc1ccccc1)CC(N)=S. The largest absolute Gasteiger partial charge is 0.445 e. The van der Waals surface area contributed by atoms with Crippen LogP contribution in [-0.2, 0) is 11.3 Å². The molecule has 0 aliphatic heterocycles. The minimum atomic E-state index is -0.423. The predicted octanol–water partition coefficient (Wildman–Crippen LogP) is 2.23. The van der Waals surface area contributed by atoms with E-state index in [0.717, 1.165) is 5.56 Å². The van der Waals surface area contributed by atoms with Crippen LogP contribution in [0.3, 0.4) is 0 Å².